The fraction of sp³-hybridized carbons (Fsp3) is 1.00. The molecule has 2 heterocycles. The Morgan fingerprint density at radius 3 is 3.00 bits per heavy atom. The van der Waals surface area contributed by atoms with Gasteiger partial charge < -0.3 is 15.0 Å². The zero-order valence-electron chi connectivity index (χ0n) is 12.0. The van der Waals surface area contributed by atoms with E-state index in [-0.39, 0.29) is 0 Å². The van der Waals surface area contributed by atoms with Gasteiger partial charge in [0.25, 0.3) is 0 Å². The molecular formula is C15H30N2O. The first-order valence-electron chi connectivity index (χ1n) is 7.93. The summed E-state index contributed by atoms with van der Waals surface area (Å²) in [4.78, 5) is 2.67. The summed E-state index contributed by atoms with van der Waals surface area (Å²) in [6, 6.07) is 0. The van der Waals surface area contributed by atoms with Gasteiger partial charge in [-0.05, 0) is 70.6 Å². The van der Waals surface area contributed by atoms with E-state index in [1.54, 1.807) is 0 Å². The van der Waals surface area contributed by atoms with Crippen LogP contribution in [0.2, 0.25) is 0 Å². The van der Waals surface area contributed by atoms with E-state index in [9.17, 15) is 0 Å². The number of hydrogen-bond donors (Lipinski definition) is 1. The minimum Gasteiger partial charge on any atom is -0.378 e. The second-order valence-corrected chi connectivity index (χ2v) is 5.89. The number of hydrogen-bond acceptors (Lipinski definition) is 3. The quantitative estimate of drug-likeness (QED) is 0.754. The van der Waals surface area contributed by atoms with Gasteiger partial charge in [-0.3, -0.25) is 0 Å². The monoisotopic (exact) mass is 254 g/mol. The van der Waals surface area contributed by atoms with Gasteiger partial charge in [-0.25, -0.2) is 0 Å². The van der Waals surface area contributed by atoms with Crippen molar-refractivity contribution in [3.63, 3.8) is 0 Å². The van der Waals surface area contributed by atoms with Crippen LogP contribution in [0.5, 0.6) is 0 Å². The average molecular weight is 254 g/mol. The van der Waals surface area contributed by atoms with E-state index in [1.165, 1.54) is 64.7 Å². The molecule has 18 heavy (non-hydrogen) atoms. The number of piperidine rings is 1. The first-order valence-corrected chi connectivity index (χ1v) is 7.93. The molecule has 0 aliphatic carbocycles. The molecule has 2 atom stereocenters. The molecule has 2 rings (SSSR count). The SMILES string of the molecule is CCNCC1CCCN(CCCC2CCCO2)C1. The maximum absolute atomic E-state index is 5.69. The summed E-state index contributed by atoms with van der Waals surface area (Å²) >= 11 is 0. The van der Waals surface area contributed by atoms with Gasteiger partial charge in [0.1, 0.15) is 0 Å². The summed E-state index contributed by atoms with van der Waals surface area (Å²) in [5.74, 6) is 0.876. The van der Waals surface area contributed by atoms with Crippen molar-refractivity contribution in [3.05, 3.63) is 0 Å². The van der Waals surface area contributed by atoms with Crippen molar-refractivity contribution < 1.29 is 4.74 Å². The van der Waals surface area contributed by atoms with Gasteiger partial charge in [-0.2, -0.15) is 0 Å². The molecule has 0 aromatic rings. The third kappa shape index (κ3) is 4.87. The molecular weight excluding hydrogens is 224 g/mol. The van der Waals surface area contributed by atoms with Crippen LogP contribution in [-0.2, 0) is 4.74 Å². The molecule has 2 aliphatic heterocycles. The van der Waals surface area contributed by atoms with E-state index < -0.39 is 0 Å². The van der Waals surface area contributed by atoms with Crippen LogP contribution in [0.15, 0.2) is 0 Å². The fourth-order valence-corrected chi connectivity index (χ4v) is 3.28. The third-order valence-corrected chi connectivity index (χ3v) is 4.31. The maximum atomic E-state index is 5.69. The lowest BCUT2D eigenvalue weighted by Crippen LogP contribution is -2.40. The van der Waals surface area contributed by atoms with Gasteiger partial charge in [0.2, 0.25) is 0 Å². The minimum atomic E-state index is 0.576. The van der Waals surface area contributed by atoms with Crippen molar-refractivity contribution in [1.29, 1.82) is 0 Å². The Morgan fingerprint density at radius 1 is 1.28 bits per heavy atom. The summed E-state index contributed by atoms with van der Waals surface area (Å²) in [5, 5.41) is 3.49. The van der Waals surface area contributed by atoms with Crippen LogP contribution < -0.4 is 5.32 Å². The van der Waals surface area contributed by atoms with Gasteiger partial charge in [-0.15, -0.1) is 0 Å². The molecule has 2 unspecified atom stereocenters. The summed E-state index contributed by atoms with van der Waals surface area (Å²) < 4.78 is 5.69. The van der Waals surface area contributed by atoms with Crippen LogP contribution in [0.25, 0.3) is 0 Å². The summed E-state index contributed by atoms with van der Waals surface area (Å²) in [5.41, 5.74) is 0. The lowest BCUT2D eigenvalue weighted by molar-refractivity contribution is 0.0951. The second-order valence-electron chi connectivity index (χ2n) is 5.89. The van der Waals surface area contributed by atoms with E-state index >= 15 is 0 Å². The third-order valence-electron chi connectivity index (χ3n) is 4.31. The number of ether oxygens (including phenoxy) is 1. The number of likely N-dealkylation sites (tertiary alicyclic amines) is 1. The smallest absolute Gasteiger partial charge is 0.0576 e. The molecule has 0 aromatic heterocycles. The van der Waals surface area contributed by atoms with E-state index in [0.717, 1.165) is 19.1 Å². The summed E-state index contributed by atoms with van der Waals surface area (Å²) in [6.07, 6.45) is 8.53. The Hall–Kier alpha value is -0.120. The maximum Gasteiger partial charge on any atom is 0.0576 e. The van der Waals surface area contributed by atoms with Gasteiger partial charge >= 0.3 is 0 Å². The molecule has 0 aromatic carbocycles. The molecule has 2 aliphatic rings. The Labute approximate surface area is 112 Å². The van der Waals surface area contributed by atoms with Crippen molar-refractivity contribution in [1.82, 2.24) is 10.2 Å². The standard InChI is InChI=1S/C15H30N2O/c1-2-16-12-14-6-3-9-17(13-14)10-4-7-15-8-5-11-18-15/h14-16H,2-13H2,1H3. The number of nitrogens with zero attached hydrogens (tertiary/aromatic N) is 1. The Morgan fingerprint density at radius 2 is 2.22 bits per heavy atom. The number of nitrogens with one attached hydrogen (secondary N) is 1. The fourth-order valence-electron chi connectivity index (χ4n) is 3.28. The molecule has 0 spiro atoms. The van der Waals surface area contributed by atoms with Crippen LogP contribution in [0.1, 0.15) is 45.4 Å². The average Bonchev–Trinajstić information content (AvgIpc) is 2.90. The van der Waals surface area contributed by atoms with E-state index in [2.05, 4.69) is 17.1 Å². The zero-order valence-corrected chi connectivity index (χ0v) is 12.0. The molecule has 0 radical (unpaired) electrons. The highest BCUT2D eigenvalue weighted by Crippen LogP contribution is 2.19. The highest BCUT2D eigenvalue weighted by Gasteiger charge is 2.20. The predicted molar refractivity (Wildman–Crippen MR) is 75.9 cm³/mol. The van der Waals surface area contributed by atoms with Crippen LogP contribution in [-0.4, -0.2) is 50.3 Å². The van der Waals surface area contributed by atoms with Crippen molar-refractivity contribution in [2.45, 2.75) is 51.6 Å². The van der Waals surface area contributed by atoms with Crippen molar-refractivity contribution in [3.8, 4) is 0 Å². The highest BCUT2D eigenvalue weighted by molar-refractivity contribution is 4.75. The molecule has 0 amide bonds. The molecule has 0 saturated carbocycles. The molecule has 106 valence electrons. The lowest BCUT2D eigenvalue weighted by atomic mass is 9.97. The van der Waals surface area contributed by atoms with Gasteiger partial charge in [-0.1, -0.05) is 6.92 Å². The van der Waals surface area contributed by atoms with Crippen molar-refractivity contribution in [2.75, 3.05) is 39.3 Å². The molecule has 2 fully saturated rings. The van der Waals surface area contributed by atoms with Gasteiger partial charge in [0.15, 0.2) is 0 Å². The van der Waals surface area contributed by atoms with Crippen molar-refractivity contribution in [2.24, 2.45) is 5.92 Å². The Bertz CT molecular complexity index is 217. The Kier molecular flexibility index (Phi) is 6.46. The first kappa shape index (κ1) is 14.3. The molecule has 3 heteroatoms. The zero-order chi connectivity index (χ0) is 12.6. The van der Waals surface area contributed by atoms with E-state index in [1.807, 2.05) is 0 Å². The number of rotatable bonds is 7. The summed E-state index contributed by atoms with van der Waals surface area (Å²) in [7, 11) is 0. The van der Waals surface area contributed by atoms with Crippen LogP contribution in [0.4, 0.5) is 0 Å². The largest absolute Gasteiger partial charge is 0.378 e. The lowest BCUT2D eigenvalue weighted by Gasteiger charge is -2.33. The molecule has 0 bridgehead atoms. The molecule has 1 N–H and O–H groups in total. The van der Waals surface area contributed by atoms with Crippen LogP contribution >= 0.6 is 0 Å². The molecule has 3 nitrogen and oxygen atoms in total. The van der Waals surface area contributed by atoms with E-state index in [4.69, 9.17) is 4.74 Å². The highest BCUT2D eigenvalue weighted by atomic mass is 16.5. The minimum absolute atomic E-state index is 0.576. The molecule has 2 saturated heterocycles. The van der Waals surface area contributed by atoms with Gasteiger partial charge in [0, 0.05) is 13.2 Å². The summed E-state index contributed by atoms with van der Waals surface area (Å²) in [6.45, 7) is 9.41. The predicted octanol–water partition coefficient (Wildman–Crippen LogP) is 2.27. The topological polar surface area (TPSA) is 24.5 Å². The van der Waals surface area contributed by atoms with Crippen LogP contribution in [0, 0.1) is 5.92 Å². The first-order chi connectivity index (χ1) is 8.88. The van der Waals surface area contributed by atoms with Crippen LogP contribution in [0.3, 0.4) is 0 Å². The second kappa shape index (κ2) is 8.13. The van der Waals surface area contributed by atoms with Crippen molar-refractivity contribution >= 4 is 0 Å². The van der Waals surface area contributed by atoms with Gasteiger partial charge in [0.05, 0.1) is 6.10 Å². The van der Waals surface area contributed by atoms with E-state index in [0.29, 0.717) is 6.10 Å². The normalized spacial score (nSPS) is 29.8. The Balaban J connectivity index is 1.57.